The highest BCUT2D eigenvalue weighted by molar-refractivity contribution is 5.88. The van der Waals surface area contributed by atoms with Crippen LogP contribution < -0.4 is 0 Å². The number of hydrogen-bond donors (Lipinski definition) is 0. The summed E-state index contributed by atoms with van der Waals surface area (Å²) in [4.78, 5) is 21.6. The normalized spacial score (nSPS) is 15.8. The van der Waals surface area contributed by atoms with Crippen molar-refractivity contribution < 1.29 is 14.6 Å². The molecule has 1 aromatic carbocycles. The van der Waals surface area contributed by atoms with E-state index in [0.29, 0.717) is 5.56 Å². The summed E-state index contributed by atoms with van der Waals surface area (Å²) >= 11 is 0. The molecule has 2 rings (SSSR count). The van der Waals surface area contributed by atoms with E-state index in [4.69, 9.17) is 9.78 Å². The smallest absolute Gasteiger partial charge is 0.292 e. The van der Waals surface area contributed by atoms with Crippen LogP contribution in [0.15, 0.2) is 24.3 Å². The summed E-state index contributed by atoms with van der Waals surface area (Å²) in [6, 6.07) is 7.50. The average Bonchev–Trinajstić information content (AvgIpc) is 2.90. The summed E-state index contributed by atoms with van der Waals surface area (Å²) < 4.78 is 0. The maximum Gasteiger partial charge on any atom is 0.373 e. The van der Waals surface area contributed by atoms with Crippen LogP contribution in [0.25, 0.3) is 0 Å². The van der Waals surface area contributed by atoms with Gasteiger partial charge >= 0.3 is 5.97 Å². The molecule has 3 heteroatoms. The molecule has 0 spiro atoms. The molecule has 0 saturated heterocycles. The lowest BCUT2D eigenvalue weighted by Crippen LogP contribution is -2.08. The van der Waals surface area contributed by atoms with Crippen molar-refractivity contribution in [3.8, 4) is 0 Å². The van der Waals surface area contributed by atoms with Crippen molar-refractivity contribution in [1.82, 2.24) is 0 Å². The van der Waals surface area contributed by atoms with Crippen LogP contribution in [-0.2, 0) is 16.2 Å². The molecule has 0 aromatic heterocycles. The highest BCUT2D eigenvalue weighted by Crippen LogP contribution is 2.28. The van der Waals surface area contributed by atoms with Crippen molar-refractivity contribution in [3.63, 3.8) is 0 Å². The Morgan fingerprint density at radius 1 is 1.17 bits per heavy atom. The first-order chi connectivity index (χ1) is 8.79. The Balaban J connectivity index is 1.83. The monoisotopic (exact) mass is 247 g/mol. The van der Waals surface area contributed by atoms with Gasteiger partial charge in [-0.2, -0.15) is 4.89 Å². The van der Waals surface area contributed by atoms with Crippen LogP contribution in [0.2, 0.25) is 0 Å². The van der Waals surface area contributed by atoms with Crippen molar-refractivity contribution in [2.24, 2.45) is 0 Å². The Bertz CT molecular complexity index is 377. The Kier molecular flexibility index (Phi) is 4.76. The van der Waals surface area contributed by atoms with Crippen LogP contribution in [-0.4, -0.2) is 5.97 Å². The lowest BCUT2D eigenvalue weighted by atomic mass is 10.1. The molecule has 3 nitrogen and oxygen atoms in total. The largest absolute Gasteiger partial charge is 0.373 e. The molecule has 0 amide bonds. The predicted octanol–water partition coefficient (Wildman–Crippen LogP) is 3.83. The van der Waals surface area contributed by atoms with E-state index in [2.05, 4.69) is 6.92 Å². The molecule has 0 aliphatic heterocycles. The van der Waals surface area contributed by atoms with Crippen molar-refractivity contribution in [2.75, 3.05) is 0 Å². The minimum Gasteiger partial charge on any atom is -0.292 e. The summed E-state index contributed by atoms with van der Waals surface area (Å²) in [6.45, 7) is 2.13. The molecule has 1 aliphatic carbocycles. The molecular formula is C15H19O3. The molecule has 1 fully saturated rings. The van der Waals surface area contributed by atoms with Gasteiger partial charge in [-0.3, -0.25) is 4.89 Å². The molecule has 0 N–H and O–H groups in total. The standard InChI is InChI=1S/C15H19O3/c1-2-5-12-8-10-13(11-9-12)15(16)18-17-14-6-3-4-7-14/h8-11H,2-7H2,1H3. The van der Waals surface area contributed by atoms with E-state index in [9.17, 15) is 4.79 Å². The van der Waals surface area contributed by atoms with Gasteiger partial charge in [-0.15, -0.1) is 0 Å². The van der Waals surface area contributed by atoms with Gasteiger partial charge in [0.1, 0.15) is 6.10 Å². The molecule has 18 heavy (non-hydrogen) atoms. The minimum absolute atomic E-state index is 0.419. The number of hydrogen-bond acceptors (Lipinski definition) is 3. The number of carbonyl (C=O) groups excluding carboxylic acids is 1. The quantitative estimate of drug-likeness (QED) is 0.586. The Labute approximate surface area is 108 Å². The number of carbonyl (C=O) groups is 1. The van der Waals surface area contributed by atoms with E-state index in [1.165, 1.54) is 5.56 Å². The summed E-state index contributed by atoms with van der Waals surface area (Å²) in [5.41, 5.74) is 1.77. The fourth-order valence-electron chi connectivity index (χ4n) is 2.09. The average molecular weight is 247 g/mol. The van der Waals surface area contributed by atoms with Gasteiger partial charge in [0.25, 0.3) is 0 Å². The SMILES string of the molecule is CCCc1ccc(C(=O)OO[C]2CCCC2)cc1. The molecule has 1 aliphatic rings. The maximum atomic E-state index is 11.7. The molecule has 1 aromatic rings. The number of benzene rings is 1. The zero-order valence-corrected chi connectivity index (χ0v) is 10.8. The van der Waals surface area contributed by atoms with Crippen LogP contribution in [0.4, 0.5) is 0 Å². The van der Waals surface area contributed by atoms with Crippen molar-refractivity contribution in [2.45, 2.75) is 45.4 Å². The second-order valence-corrected chi connectivity index (χ2v) is 4.65. The third-order valence-electron chi connectivity index (χ3n) is 3.12. The summed E-state index contributed by atoms with van der Waals surface area (Å²) in [7, 11) is 0. The third kappa shape index (κ3) is 3.57. The van der Waals surface area contributed by atoms with Gasteiger partial charge in [-0.1, -0.05) is 38.3 Å². The molecule has 1 radical (unpaired) electrons. The molecule has 97 valence electrons. The Hall–Kier alpha value is -1.35. The first-order valence-electron chi connectivity index (χ1n) is 6.62. The van der Waals surface area contributed by atoms with Gasteiger partial charge < -0.3 is 0 Å². The van der Waals surface area contributed by atoms with Crippen LogP contribution in [0.5, 0.6) is 0 Å². The van der Waals surface area contributed by atoms with E-state index >= 15 is 0 Å². The van der Waals surface area contributed by atoms with Gasteiger partial charge in [0, 0.05) is 0 Å². The van der Waals surface area contributed by atoms with Crippen molar-refractivity contribution in [1.29, 1.82) is 0 Å². The summed E-state index contributed by atoms with van der Waals surface area (Å²) in [6.07, 6.45) is 7.07. The highest BCUT2D eigenvalue weighted by Gasteiger charge is 2.20. The zero-order chi connectivity index (χ0) is 12.8. The Morgan fingerprint density at radius 2 is 1.83 bits per heavy atom. The molecule has 0 heterocycles. The zero-order valence-electron chi connectivity index (χ0n) is 10.8. The first kappa shape index (κ1) is 13.1. The summed E-state index contributed by atoms with van der Waals surface area (Å²) in [5.74, 6) is -0.419. The molecular weight excluding hydrogens is 228 g/mol. The fraction of sp³-hybridized carbons (Fsp3) is 0.467. The van der Waals surface area contributed by atoms with E-state index in [1.54, 1.807) is 12.1 Å². The topological polar surface area (TPSA) is 35.5 Å². The van der Waals surface area contributed by atoms with Crippen molar-refractivity contribution in [3.05, 3.63) is 41.5 Å². The number of rotatable bonds is 5. The maximum absolute atomic E-state index is 11.7. The van der Waals surface area contributed by atoms with E-state index < -0.39 is 5.97 Å². The predicted molar refractivity (Wildman–Crippen MR) is 68.6 cm³/mol. The van der Waals surface area contributed by atoms with Gasteiger partial charge in [0.15, 0.2) is 0 Å². The van der Waals surface area contributed by atoms with E-state index in [0.717, 1.165) is 44.6 Å². The molecule has 0 bridgehead atoms. The number of aryl methyl sites for hydroxylation is 1. The van der Waals surface area contributed by atoms with Crippen LogP contribution in [0.1, 0.15) is 54.9 Å². The second-order valence-electron chi connectivity index (χ2n) is 4.65. The lowest BCUT2D eigenvalue weighted by Gasteiger charge is -2.08. The Morgan fingerprint density at radius 3 is 2.44 bits per heavy atom. The lowest BCUT2D eigenvalue weighted by molar-refractivity contribution is -0.234. The van der Waals surface area contributed by atoms with E-state index in [1.807, 2.05) is 12.1 Å². The second kappa shape index (κ2) is 6.55. The van der Waals surface area contributed by atoms with Gasteiger partial charge in [-0.05, 0) is 37.0 Å². The minimum atomic E-state index is -0.419. The summed E-state index contributed by atoms with van der Waals surface area (Å²) in [5, 5.41) is 0. The molecule has 1 saturated carbocycles. The third-order valence-corrected chi connectivity index (χ3v) is 3.12. The first-order valence-corrected chi connectivity index (χ1v) is 6.62. The van der Waals surface area contributed by atoms with Crippen LogP contribution >= 0.6 is 0 Å². The fourth-order valence-corrected chi connectivity index (χ4v) is 2.09. The highest BCUT2D eigenvalue weighted by atomic mass is 17.2. The van der Waals surface area contributed by atoms with Crippen LogP contribution in [0.3, 0.4) is 0 Å². The van der Waals surface area contributed by atoms with Crippen molar-refractivity contribution >= 4 is 5.97 Å². The van der Waals surface area contributed by atoms with Gasteiger partial charge in [0.05, 0.1) is 5.56 Å². The van der Waals surface area contributed by atoms with Gasteiger partial charge in [0.2, 0.25) is 0 Å². The molecule has 0 unspecified atom stereocenters. The van der Waals surface area contributed by atoms with Gasteiger partial charge in [-0.25, -0.2) is 4.79 Å². The van der Waals surface area contributed by atoms with Crippen LogP contribution in [0, 0.1) is 6.10 Å². The molecule has 0 atom stereocenters. The van der Waals surface area contributed by atoms with E-state index in [-0.39, 0.29) is 0 Å².